The summed E-state index contributed by atoms with van der Waals surface area (Å²) in [5.41, 5.74) is -2.10. The summed E-state index contributed by atoms with van der Waals surface area (Å²) < 4.78 is 47.6. The zero-order valence-corrected chi connectivity index (χ0v) is 19.5. The van der Waals surface area contributed by atoms with E-state index in [1.807, 2.05) is 0 Å². The van der Waals surface area contributed by atoms with Crippen LogP contribution in [0.5, 0.6) is 5.75 Å². The molecule has 1 unspecified atom stereocenters. The third kappa shape index (κ3) is 5.94. The number of H-pyrrole nitrogens is 1. The number of carboxylic acids is 1. The van der Waals surface area contributed by atoms with Crippen molar-refractivity contribution in [3.05, 3.63) is 65.1 Å². The van der Waals surface area contributed by atoms with Crippen LogP contribution in [0.3, 0.4) is 0 Å². The highest BCUT2D eigenvalue weighted by Crippen LogP contribution is 2.41. The second kappa shape index (κ2) is 9.99. The first-order valence-corrected chi connectivity index (χ1v) is 10.8. The summed E-state index contributed by atoms with van der Waals surface area (Å²) in [7, 11) is 1.40. The smallest absolute Gasteiger partial charge is 0.322 e. The van der Waals surface area contributed by atoms with E-state index in [-0.39, 0.29) is 5.56 Å². The van der Waals surface area contributed by atoms with Crippen LogP contribution in [0.1, 0.15) is 41.9 Å². The average molecular weight is 492 g/mol. The van der Waals surface area contributed by atoms with Crippen molar-refractivity contribution < 1.29 is 37.7 Å². The van der Waals surface area contributed by atoms with Gasteiger partial charge in [0.25, 0.3) is 12.3 Å². The Morgan fingerprint density at radius 3 is 2.49 bits per heavy atom. The fourth-order valence-corrected chi connectivity index (χ4v) is 4.30. The van der Waals surface area contributed by atoms with Crippen molar-refractivity contribution in [1.29, 1.82) is 0 Å². The largest absolute Gasteiger partial charge is 0.496 e. The van der Waals surface area contributed by atoms with Gasteiger partial charge in [-0.25, -0.2) is 13.2 Å². The van der Waals surface area contributed by atoms with Gasteiger partial charge in [0.05, 0.1) is 7.11 Å². The average Bonchev–Trinajstić information content (AvgIpc) is 3.17. The molecule has 3 rings (SSSR count). The number of ether oxygens (including phenoxy) is 1. The Kier molecular flexibility index (Phi) is 7.44. The third-order valence-corrected chi connectivity index (χ3v) is 5.88. The van der Waals surface area contributed by atoms with Crippen LogP contribution < -0.4 is 10.1 Å². The van der Waals surface area contributed by atoms with E-state index in [0.717, 1.165) is 0 Å². The molecule has 0 spiro atoms. The quantitative estimate of drug-likeness (QED) is 0.341. The summed E-state index contributed by atoms with van der Waals surface area (Å²) in [4.78, 5) is 25.8. The summed E-state index contributed by atoms with van der Waals surface area (Å²) in [6, 6.07) is 9.91. The molecule has 0 aliphatic carbocycles. The number of methoxy groups -OCH3 is 1. The van der Waals surface area contributed by atoms with Gasteiger partial charge in [-0.15, -0.1) is 0 Å². The molecule has 1 aromatic heterocycles. The molecule has 188 valence electrons. The summed E-state index contributed by atoms with van der Waals surface area (Å²) in [6.45, 7) is 2.72. The number of fused-ring (bicyclic) bond motifs is 1. The molecule has 1 amide bonds. The van der Waals surface area contributed by atoms with E-state index < -0.39 is 54.5 Å². The van der Waals surface area contributed by atoms with Crippen molar-refractivity contribution >= 4 is 22.8 Å². The van der Waals surface area contributed by atoms with E-state index in [0.29, 0.717) is 27.9 Å². The number of nitrogens with one attached hydrogen (secondary N) is 2. The van der Waals surface area contributed by atoms with Gasteiger partial charge in [0.2, 0.25) is 0 Å². The summed E-state index contributed by atoms with van der Waals surface area (Å²) in [5, 5.41) is 22.5. The number of aromatic nitrogens is 1. The number of rotatable bonds is 10. The highest BCUT2D eigenvalue weighted by molar-refractivity contribution is 5.99. The maximum absolute atomic E-state index is 14.2. The SMILES string of the molecule is COc1ccc(F)cc1C(C)(C)CC(O)(Cc1cc2cc(C(=O)NCC(=O)O)ccc2[nH]1)C(F)F. The maximum Gasteiger partial charge on any atom is 0.322 e. The minimum absolute atomic E-state index is 0.202. The minimum Gasteiger partial charge on any atom is -0.496 e. The van der Waals surface area contributed by atoms with E-state index in [2.05, 4.69) is 10.3 Å². The normalized spacial score (nSPS) is 13.6. The topological polar surface area (TPSA) is 112 Å². The van der Waals surface area contributed by atoms with Crippen LogP contribution in [0.25, 0.3) is 10.9 Å². The molecule has 0 fully saturated rings. The predicted octanol–water partition coefficient (Wildman–Crippen LogP) is 4.04. The second-order valence-electron chi connectivity index (χ2n) is 9.16. The van der Waals surface area contributed by atoms with Crippen LogP contribution in [0.4, 0.5) is 13.2 Å². The molecule has 35 heavy (non-hydrogen) atoms. The monoisotopic (exact) mass is 492 g/mol. The van der Waals surface area contributed by atoms with Crippen molar-refractivity contribution in [2.24, 2.45) is 0 Å². The van der Waals surface area contributed by atoms with Crippen molar-refractivity contribution in [3.8, 4) is 5.75 Å². The maximum atomic E-state index is 14.2. The van der Waals surface area contributed by atoms with Gasteiger partial charge < -0.3 is 25.3 Å². The van der Waals surface area contributed by atoms with Crippen LogP contribution in [0, 0.1) is 5.82 Å². The number of carboxylic acid groups (broad SMARTS) is 1. The van der Waals surface area contributed by atoms with Crippen LogP contribution >= 0.6 is 0 Å². The van der Waals surface area contributed by atoms with Gasteiger partial charge >= 0.3 is 5.97 Å². The Morgan fingerprint density at radius 1 is 1.14 bits per heavy atom. The Bertz CT molecular complexity index is 1240. The van der Waals surface area contributed by atoms with Crippen LogP contribution in [0.2, 0.25) is 0 Å². The lowest BCUT2D eigenvalue weighted by Gasteiger charge is -2.36. The van der Waals surface area contributed by atoms with Gasteiger partial charge in [-0.1, -0.05) is 13.8 Å². The third-order valence-electron chi connectivity index (χ3n) is 5.88. The van der Waals surface area contributed by atoms with Gasteiger partial charge in [0.15, 0.2) is 0 Å². The fourth-order valence-electron chi connectivity index (χ4n) is 4.30. The van der Waals surface area contributed by atoms with Crippen molar-refractivity contribution in [2.45, 2.75) is 44.1 Å². The zero-order chi connectivity index (χ0) is 26.0. The number of carbonyl (C=O) groups excluding carboxylic acids is 1. The molecule has 10 heteroatoms. The molecule has 0 radical (unpaired) electrons. The standard InChI is InChI=1S/C25H27F3N2O5/c1-24(2,18-10-16(26)5-7-20(18)35-3)13-25(34,23(27)28)11-17-9-15-8-14(4-6-19(15)30-17)22(33)29-12-21(31)32/h4-10,23,30,34H,11-13H2,1-3H3,(H,29,33)(H,31,32). The lowest BCUT2D eigenvalue weighted by atomic mass is 9.73. The molecule has 1 atom stereocenters. The zero-order valence-electron chi connectivity index (χ0n) is 19.5. The number of carbonyl (C=O) groups is 2. The van der Waals surface area contributed by atoms with E-state index in [1.54, 1.807) is 26.0 Å². The summed E-state index contributed by atoms with van der Waals surface area (Å²) in [5.74, 6) is -2.00. The Morgan fingerprint density at radius 2 is 1.86 bits per heavy atom. The van der Waals surface area contributed by atoms with Gasteiger partial charge in [-0.3, -0.25) is 9.59 Å². The van der Waals surface area contributed by atoms with Crippen LogP contribution in [-0.4, -0.2) is 52.8 Å². The van der Waals surface area contributed by atoms with Crippen molar-refractivity contribution in [2.75, 3.05) is 13.7 Å². The van der Waals surface area contributed by atoms with Gasteiger partial charge in [-0.05, 0) is 54.3 Å². The fraction of sp³-hybridized carbons (Fsp3) is 0.360. The molecule has 0 saturated heterocycles. The number of hydrogen-bond donors (Lipinski definition) is 4. The highest BCUT2D eigenvalue weighted by atomic mass is 19.3. The van der Waals surface area contributed by atoms with E-state index >= 15 is 0 Å². The van der Waals surface area contributed by atoms with Crippen molar-refractivity contribution in [1.82, 2.24) is 10.3 Å². The highest BCUT2D eigenvalue weighted by Gasteiger charge is 2.44. The Balaban J connectivity index is 1.88. The number of hydrogen-bond acceptors (Lipinski definition) is 4. The molecule has 0 aliphatic rings. The number of benzene rings is 2. The van der Waals surface area contributed by atoms with Crippen LogP contribution in [0.15, 0.2) is 42.5 Å². The number of alkyl halides is 2. The molecular formula is C25H27F3N2O5. The van der Waals surface area contributed by atoms with Gasteiger partial charge in [0, 0.05) is 34.1 Å². The van der Waals surface area contributed by atoms with E-state index in [9.17, 15) is 27.9 Å². The lowest BCUT2D eigenvalue weighted by Crippen LogP contribution is -2.45. The van der Waals surface area contributed by atoms with Gasteiger partial charge in [-0.2, -0.15) is 0 Å². The lowest BCUT2D eigenvalue weighted by molar-refractivity contribution is -0.135. The summed E-state index contributed by atoms with van der Waals surface area (Å²) in [6.07, 6.45) is -3.93. The number of aliphatic carboxylic acids is 1. The Hall–Kier alpha value is -3.53. The summed E-state index contributed by atoms with van der Waals surface area (Å²) >= 11 is 0. The van der Waals surface area contributed by atoms with E-state index in [4.69, 9.17) is 9.84 Å². The van der Waals surface area contributed by atoms with Gasteiger partial charge in [0.1, 0.15) is 23.7 Å². The molecule has 0 saturated carbocycles. The molecule has 3 aromatic rings. The molecule has 1 heterocycles. The predicted molar refractivity (Wildman–Crippen MR) is 124 cm³/mol. The Labute approximate surface area is 199 Å². The van der Waals surface area contributed by atoms with Crippen molar-refractivity contribution in [3.63, 3.8) is 0 Å². The van der Waals surface area contributed by atoms with Crippen LogP contribution in [-0.2, 0) is 16.6 Å². The number of amides is 1. The number of aromatic amines is 1. The number of halogens is 3. The molecule has 0 aliphatic heterocycles. The molecule has 2 aromatic carbocycles. The molecule has 7 nitrogen and oxygen atoms in total. The van der Waals surface area contributed by atoms with E-state index in [1.165, 1.54) is 37.4 Å². The molecular weight excluding hydrogens is 465 g/mol. The molecule has 4 N–H and O–H groups in total. The second-order valence-corrected chi connectivity index (χ2v) is 9.16. The molecule has 0 bridgehead atoms. The first-order valence-electron chi connectivity index (χ1n) is 10.8. The first kappa shape index (κ1) is 26.1. The minimum atomic E-state index is -3.11. The number of aliphatic hydroxyl groups is 1. The first-order chi connectivity index (χ1) is 16.3.